The first-order valence-electron chi connectivity index (χ1n) is 8.89. The van der Waals surface area contributed by atoms with Crippen LogP contribution in [-0.4, -0.2) is 48.7 Å². The highest BCUT2D eigenvalue weighted by atomic mass is 19.1. The van der Waals surface area contributed by atoms with E-state index in [0.717, 1.165) is 5.56 Å². The zero-order valence-corrected chi connectivity index (χ0v) is 15.1. The fraction of sp³-hybridized carbons (Fsp3) is 0.316. The number of morpholine rings is 1. The lowest BCUT2D eigenvalue weighted by Gasteiger charge is -2.34. The van der Waals surface area contributed by atoms with Gasteiger partial charge in [-0.25, -0.2) is 9.18 Å². The van der Waals surface area contributed by atoms with Gasteiger partial charge in [0.05, 0.1) is 24.2 Å². The third kappa shape index (κ3) is 5.24. The van der Waals surface area contributed by atoms with Crippen molar-refractivity contribution in [3.05, 3.63) is 70.0 Å². The maximum absolute atomic E-state index is 13.3. The monoisotopic (exact) mass is 388 g/mol. The number of halogens is 1. The Morgan fingerprint density at radius 3 is 2.39 bits per heavy atom. The van der Waals surface area contributed by atoms with E-state index in [0.29, 0.717) is 38.5 Å². The largest absolute Gasteiger partial charge is 0.379 e. The number of amides is 2. The van der Waals surface area contributed by atoms with Gasteiger partial charge in [-0.1, -0.05) is 12.1 Å². The van der Waals surface area contributed by atoms with Gasteiger partial charge < -0.3 is 15.4 Å². The number of rotatable bonds is 6. The van der Waals surface area contributed by atoms with E-state index >= 15 is 0 Å². The lowest BCUT2D eigenvalue weighted by atomic mass is 10.0. The average Bonchev–Trinajstić information content (AvgIpc) is 2.70. The summed E-state index contributed by atoms with van der Waals surface area (Å²) in [6, 6.07) is 11.3. The third-order valence-electron chi connectivity index (χ3n) is 4.53. The van der Waals surface area contributed by atoms with Crippen molar-refractivity contribution >= 4 is 17.4 Å². The number of ether oxygens (including phenoxy) is 1. The lowest BCUT2D eigenvalue weighted by molar-refractivity contribution is -0.384. The molecule has 0 aromatic heterocycles. The minimum atomic E-state index is -0.501. The summed E-state index contributed by atoms with van der Waals surface area (Å²) in [5.41, 5.74) is 1.31. The zero-order valence-electron chi connectivity index (χ0n) is 15.1. The molecule has 0 spiro atoms. The number of nitro benzene ring substituents is 1. The average molecular weight is 388 g/mol. The molecule has 1 unspecified atom stereocenters. The Morgan fingerprint density at radius 1 is 1.14 bits per heavy atom. The summed E-state index contributed by atoms with van der Waals surface area (Å²) in [4.78, 5) is 24.6. The molecule has 0 bridgehead atoms. The van der Waals surface area contributed by atoms with Crippen LogP contribution in [0.25, 0.3) is 0 Å². The Labute approximate surface area is 161 Å². The van der Waals surface area contributed by atoms with Crippen LogP contribution in [0.2, 0.25) is 0 Å². The van der Waals surface area contributed by atoms with Gasteiger partial charge in [-0.15, -0.1) is 0 Å². The van der Waals surface area contributed by atoms with Gasteiger partial charge in [0.1, 0.15) is 5.82 Å². The predicted molar refractivity (Wildman–Crippen MR) is 102 cm³/mol. The van der Waals surface area contributed by atoms with Gasteiger partial charge in [0, 0.05) is 37.5 Å². The summed E-state index contributed by atoms with van der Waals surface area (Å²) in [6.45, 7) is 2.96. The predicted octanol–water partition coefficient (Wildman–Crippen LogP) is 2.93. The maximum Gasteiger partial charge on any atom is 0.319 e. The van der Waals surface area contributed by atoms with Crippen LogP contribution in [0.5, 0.6) is 0 Å². The van der Waals surface area contributed by atoms with Crippen molar-refractivity contribution in [2.45, 2.75) is 6.04 Å². The van der Waals surface area contributed by atoms with Crippen LogP contribution in [0.15, 0.2) is 48.5 Å². The summed E-state index contributed by atoms with van der Waals surface area (Å²) in [7, 11) is 0. The molecule has 1 saturated heterocycles. The Balaban J connectivity index is 1.62. The number of nitro groups is 1. The van der Waals surface area contributed by atoms with E-state index in [1.165, 1.54) is 36.4 Å². The van der Waals surface area contributed by atoms with Crippen LogP contribution < -0.4 is 10.6 Å². The molecular formula is C19H21FN4O4. The van der Waals surface area contributed by atoms with Crippen molar-refractivity contribution in [2.24, 2.45) is 0 Å². The van der Waals surface area contributed by atoms with Crippen LogP contribution in [0.3, 0.4) is 0 Å². The van der Waals surface area contributed by atoms with Crippen molar-refractivity contribution in [3.63, 3.8) is 0 Å². The molecule has 148 valence electrons. The molecule has 0 aliphatic carbocycles. The molecule has 8 nitrogen and oxygen atoms in total. The van der Waals surface area contributed by atoms with Gasteiger partial charge >= 0.3 is 6.03 Å². The van der Waals surface area contributed by atoms with Crippen molar-refractivity contribution < 1.29 is 18.8 Å². The molecule has 2 aromatic rings. The number of hydrogen-bond acceptors (Lipinski definition) is 5. The van der Waals surface area contributed by atoms with Crippen LogP contribution in [0.4, 0.5) is 20.6 Å². The highest BCUT2D eigenvalue weighted by Crippen LogP contribution is 2.22. The number of benzene rings is 2. The molecule has 2 N–H and O–H groups in total. The van der Waals surface area contributed by atoms with E-state index in [1.54, 1.807) is 12.1 Å². The standard InChI is InChI=1S/C19H21FN4O4/c20-15-3-1-14(2-4-15)18(23-9-11-28-12-10-23)13-21-19(25)22-16-5-7-17(8-6-16)24(26)27/h1-8,18H,9-13H2,(H2,21,22,25). The number of hydrogen-bond donors (Lipinski definition) is 2. The Morgan fingerprint density at radius 2 is 1.79 bits per heavy atom. The highest BCUT2D eigenvalue weighted by Gasteiger charge is 2.23. The molecular weight excluding hydrogens is 367 g/mol. The molecule has 1 fully saturated rings. The molecule has 2 amide bonds. The van der Waals surface area contributed by atoms with Crippen molar-refractivity contribution in [1.29, 1.82) is 0 Å². The first-order valence-corrected chi connectivity index (χ1v) is 8.89. The Hall–Kier alpha value is -3.04. The molecule has 1 atom stereocenters. The fourth-order valence-corrected chi connectivity index (χ4v) is 3.06. The topological polar surface area (TPSA) is 96.7 Å². The molecule has 28 heavy (non-hydrogen) atoms. The van der Waals surface area contributed by atoms with Gasteiger partial charge in [-0.05, 0) is 29.8 Å². The van der Waals surface area contributed by atoms with Crippen molar-refractivity contribution in [1.82, 2.24) is 10.2 Å². The number of nitrogens with zero attached hydrogens (tertiary/aromatic N) is 2. The quantitative estimate of drug-likeness (QED) is 0.586. The second-order valence-electron chi connectivity index (χ2n) is 6.35. The normalized spacial score (nSPS) is 15.6. The molecule has 9 heteroatoms. The number of non-ortho nitro benzene ring substituents is 1. The molecule has 0 radical (unpaired) electrons. The van der Waals surface area contributed by atoms with Crippen molar-refractivity contribution in [2.75, 3.05) is 38.2 Å². The first kappa shape index (κ1) is 19.7. The summed E-state index contributed by atoms with van der Waals surface area (Å²) >= 11 is 0. The second kappa shape index (κ2) is 9.25. The van der Waals surface area contributed by atoms with E-state index in [2.05, 4.69) is 15.5 Å². The Kier molecular flexibility index (Phi) is 6.51. The van der Waals surface area contributed by atoms with Crippen LogP contribution in [-0.2, 0) is 4.74 Å². The zero-order chi connectivity index (χ0) is 19.9. The number of anilines is 1. The molecule has 0 saturated carbocycles. The summed E-state index contributed by atoms with van der Waals surface area (Å²) in [5, 5.41) is 16.2. The minimum Gasteiger partial charge on any atom is -0.379 e. The molecule has 2 aromatic carbocycles. The SMILES string of the molecule is O=C(NCC(c1ccc(F)cc1)N1CCOCC1)Nc1ccc([N+](=O)[O-])cc1. The van der Waals surface area contributed by atoms with Gasteiger partial charge in [-0.3, -0.25) is 15.0 Å². The minimum absolute atomic E-state index is 0.0466. The molecule has 3 rings (SSSR count). The number of carbonyl (C=O) groups is 1. The summed E-state index contributed by atoms with van der Waals surface area (Å²) in [5.74, 6) is -0.312. The van der Waals surface area contributed by atoms with E-state index in [-0.39, 0.29) is 17.5 Å². The van der Waals surface area contributed by atoms with Gasteiger partial charge in [0.15, 0.2) is 0 Å². The number of nitrogens with one attached hydrogen (secondary N) is 2. The second-order valence-corrected chi connectivity index (χ2v) is 6.35. The maximum atomic E-state index is 13.3. The third-order valence-corrected chi connectivity index (χ3v) is 4.53. The van der Waals surface area contributed by atoms with Crippen LogP contribution in [0.1, 0.15) is 11.6 Å². The van der Waals surface area contributed by atoms with E-state index in [9.17, 15) is 19.3 Å². The summed E-state index contributed by atoms with van der Waals surface area (Å²) < 4.78 is 18.7. The van der Waals surface area contributed by atoms with Crippen LogP contribution >= 0.6 is 0 Å². The first-order chi connectivity index (χ1) is 13.5. The van der Waals surface area contributed by atoms with Crippen LogP contribution in [0, 0.1) is 15.9 Å². The Bertz CT molecular complexity index is 808. The lowest BCUT2D eigenvalue weighted by Crippen LogP contribution is -2.44. The molecule has 1 aliphatic rings. The number of carbonyl (C=O) groups excluding carboxylic acids is 1. The van der Waals surface area contributed by atoms with E-state index < -0.39 is 11.0 Å². The van der Waals surface area contributed by atoms with Gasteiger partial charge in [-0.2, -0.15) is 0 Å². The fourth-order valence-electron chi connectivity index (χ4n) is 3.06. The highest BCUT2D eigenvalue weighted by molar-refractivity contribution is 5.89. The smallest absolute Gasteiger partial charge is 0.319 e. The van der Waals surface area contributed by atoms with E-state index in [4.69, 9.17) is 4.74 Å². The van der Waals surface area contributed by atoms with E-state index in [1.807, 2.05) is 0 Å². The van der Waals surface area contributed by atoms with Gasteiger partial charge in [0.25, 0.3) is 5.69 Å². The number of urea groups is 1. The summed E-state index contributed by atoms with van der Waals surface area (Å²) in [6.07, 6.45) is 0. The molecule has 1 heterocycles. The molecule has 1 aliphatic heterocycles. The van der Waals surface area contributed by atoms with Crippen molar-refractivity contribution in [3.8, 4) is 0 Å². The van der Waals surface area contributed by atoms with Gasteiger partial charge in [0.2, 0.25) is 0 Å².